The van der Waals surface area contributed by atoms with Gasteiger partial charge in [0.15, 0.2) is 0 Å². The molecule has 3 nitrogen and oxygen atoms in total. The summed E-state index contributed by atoms with van der Waals surface area (Å²) in [5, 5.41) is 7.52. The first kappa shape index (κ1) is 43.8. The van der Waals surface area contributed by atoms with Crippen LogP contribution in [0.5, 0.6) is 0 Å². The summed E-state index contributed by atoms with van der Waals surface area (Å²) in [4.78, 5) is 2.43. The molecular formula is C73H51N3. The zero-order valence-electron chi connectivity index (χ0n) is 42.3. The molecule has 2 heterocycles. The maximum absolute atomic E-state index is 2.45. The molecule has 2 aromatic heterocycles. The number of anilines is 3. The average Bonchev–Trinajstić information content (AvgIpc) is 4.19. The van der Waals surface area contributed by atoms with Crippen LogP contribution < -0.4 is 4.90 Å². The van der Waals surface area contributed by atoms with E-state index in [-0.39, 0.29) is 5.41 Å². The van der Waals surface area contributed by atoms with Gasteiger partial charge in [0.05, 0.1) is 22.1 Å². The standard InChI is InChI=1S/C73H51N3/c1-73(2)67-45-52(53-33-41-65-63-23-11-13-26-69(63)76(72(65)46-53)55-20-7-4-8-21-55)32-40-61(67)62-42-39-58(47-68(62)73)74(57-37-30-50(31-38-57)60-25-15-17-49-16-9-10-22-59(49)60)56-35-28-48(29-36-56)51-34-43-71-66(44-51)64-24-12-14-27-70(64)75(71)54-18-5-3-6-19-54/h3-47H,1-2H3. The highest BCUT2D eigenvalue weighted by molar-refractivity contribution is 6.11. The lowest BCUT2D eigenvalue weighted by atomic mass is 9.81. The number of nitrogens with zero attached hydrogens (tertiary/aromatic N) is 3. The second-order valence-corrected chi connectivity index (χ2v) is 20.9. The molecule has 0 radical (unpaired) electrons. The van der Waals surface area contributed by atoms with Crippen LogP contribution in [0, 0.1) is 0 Å². The minimum absolute atomic E-state index is 0.254. The SMILES string of the molecule is CC1(C)c2cc(-c3ccc4c5ccccc5n(-c5ccccc5)c4c3)ccc2-c2ccc(N(c3ccc(-c4ccc5c(c4)c4ccccc4n5-c4ccccc4)cc3)c3ccc(-c4cccc5ccccc45)cc3)cc21. The summed E-state index contributed by atoms with van der Waals surface area (Å²) < 4.78 is 4.79. The Labute approximate surface area is 442 Å². The Hall–Kier alpha value is -9.70. The topological polar surface area (TPSA) is 13.1 Å². The summed E-state index contributed by atoms with van der Waals surface area (Å²) in [5.74, 6) is 0. The zero-order chi connectivity index (χ0) is 50.5. The van der Waals surface area contributed by atoms with Gasteiger partial charge in [-0.25, -0.2) is 0 Å². The van der Waals surface area contributed by atoms with Crippen LogP contribution in [0.15, 0.2) is 273 Å². The summed E-state index contributed by atoms with van der Waals surface area (Å²) in [6.07, 6.45) is 0. The van der Waals surface area contributed by atoms with Crippen LogP contribution in [0.3, 0.4) is 0 Å². The van der Waals surface area contributed by atoms with Crippen LogP contribution in [-0.4, -0.2) is 9.13 Å². The van der Waals surface area contributed by atoms with Crippen molar-refractivity contribution in [3.63, 3.8) is 0 Å². The number of rotatable bonds is 8. The Morgan fingerprint density at radius 1 is 0.276 bits per heavy atom. The van der Waals surface area contributed by atoms with Crippen LogP contribution in [0.25, 0.3) is 110 Å². The van der Waals surface area contributed by atoms with Gasteiger partial charge < -0.3 is 14.0 Å². The fraction of sp³-hybridized carbons (Fsp3) is 0.0411. The van der Waals surface area contributed by atoms with E-state index in [0.29, 0.717) is 0 Å². The number of hydrogen-bond acceptors (Lipinski definition) is 1. The quantitative estimate of drug-likeness (QED) is 0.148. The van der Waals surface area contributed by atoms with Crippen LogP contribution in [0.4, 0.5) is 17.1 Å². The predicted molar refractivity (Wildman–Crippen MR) is 321 cm³/mol. The second kappa shape index (κ2) is 17.2. The Bertz CT molecular complexity index is 4570. The summed E-state index contributed by atoms with van der Waals surface area (Å²) in [5.41, 5.74) is 22.7. The summed E-state index contributed by atoms with van der Waals surface area (Å²) in [6, 6.07) is 101. The first-order chi connectivity index (χ1) is 37.4. The van der Waals surface area contributed by atoms with Gasteiger partial charge in [-0.2, -0.15) is 0 Å². The van der Waals surface area contributed by atoms with Crippen LogP contribution in [0.1, 0.15) is 25.0 Å². The van der Waals surface area contributed by atoms with Crippen molar-refractivity contribution in [3.05, 3.63) is 284 Å². The van der Waals surface area contributed by atoms with Gasteiger partial charge in [-0.05, 0) is 163 Å². The fourth-order valence-corrected chi connectivity index (χ4v) is 12.6. The Kier molecular flexibility index (Phi) is 9.92. The summed E-state index contributed by atoms with van der Waals surface area (Å²) in [6.45, 7) is 4.79. The minimum atomic E-state index is -0.254. The molecule has 358 valence electrons. The van der Waals surface area contributed by atoms with Crippen molar-refractivity contribution in [3.8, 4) is 55.9 Å². The molecule has 0 bridgehead atoms. The lowest BCUT2D eigenvalue weighted by molar-refractivity contribution is 0.660. The van der Waals surface area contributed by atoms with E-state index < -0.39 is 0 Å². The van der Waals surface area contributed by atoms with Gasteiger partial charge >= 0.3 is 0 Å². The van der Waals surface area contributed by atoms with Crippen LogP contribution in [0.2, 0.25) is 0 Å². The Morgan fingerprint density at radius 2 is 0.737 bits per heavy atom. The highest BCUT2D eigenvalue weighted by Gasteiger charge is 2.36. The molecule has 0 saturated carbocycles. The normalized spacial score (nSPS) is 12.7. The van der Waals surface area contributed by atoms with Gasteiger partial charge in [0.1, 0.15) is 0 Å². The molecular weight excluding hydrogens is 919 g/mol. The highest BCUT2D eigenvalue weighted by atomic mass is 15.1. The number of benzene rings is 12. The number of para-hydroxylation sites is 4. The van der Waals surface area contributed by atoms with E-state index in [9.17, 15) is 0 Å². The number of fused-ring (bicyclic) bond motifs is 10. The van der Waals surface area contributed by atoms with Crippen molar-refractivity contribution >= 4 is 71.4 Å². The molecule has 0 amide bonds. The molecule has 14 aromatic rings. The first-order valence-corrected chi connectivity index (χ1v) is 26.4. The Morgan fingerprint density at radius 3 is 1.43 bits per heavy atom. The van der Waals surface area contributed by atoms with E-state index in [1.807, 2.05) is 0 Å². The second-order valence-electron chi connectivity index (χ2n) is 20.9. The van der Waals surface area contributed by atoms with Gasteiger partial charge in [-0.15, -0.1) is 0 Å². The monoisotopic (exact) mass is 969 g/mol. The molecule has 1 aliphatic carbocycles. The van der Waals surface area contributed by atoms with Gasteiger partial charge in [-0.3, -0.25) is 0 Å². The van der Waals surface area contributed by atoms with E-state index in [4.69, 9.17) is 0 Å². The molecule has 76 heavy (non-hydrogen) atoms. The molecule has 0 fully saturated rings. The van der Waals surface area contributed by atoms with Gasteiger partial charge in [0.2, 0.25) is 0 Å². The molecule has 0 unspecified atom stereocenters. The average molecular weight is 970 g/mol. The van der Waals surface area contributed by atoms with Crippen molar-refractivity contribution in [2.45, 2.75) is 19.3 Å². The van der Waals surface area contributed by atoms with E-state index in [1.165, 1.54) is 116 Å². The van der Waals surface area contributed by atoms with Gasteiger partial charge in [0.25, 0.3) is 0 Å². The molecule has 0 aliphatic heterocycles. The molecule has 15 rings (SSSR count). The molecule has 0 spiro atoms. The van der Waals surface area contributed by atoms with Gasteiger partial charge in [0, 0.05) is 55.4 Å². The van der Waals surface area contributed by atoms with E-state index >= 15 is 0 Å². The summed E-state index contributed by atoms with van der Waals surface area (Å²) in [7, 11) is 0. The lowest BCUT2D eigenvalue weighted by Crippen LogP contribution is -2.16. The molecule has 1 aliphatic rings. The minimum Gasteiger partial charge on any atom is -0.310 e. The molecule has 3 heteroatoms. The first-order valence-electron chi connectivity index (χ1n) is 26.4. The van der Waals surface area contributed by atoms with Crippen LogP contribution >= 0.6 is 0 Å². The van der Waals surface area contributed by atoms with Crippen molar-refractivity contribution in [2.75, 3.05) is 4.90 Å². The lowest BCUT2D eigenvalue weighted by Gasteiger charge is -2.28. The van der Waals surface area contributed by atoms with Crippen molar-refractivity contribution in [1.82, 2.24) is 9.13 Å². The van der Waals surface area contributed by atoms with Crippen molar-refractivity contribution in [1.29, 1.82) is 0 Å². The fourth-order valence-electron chi connectivity index (χ4n) is 12.6. The molecule has 0 saturated heterocycles. The van der Waals surface area contributed by atoms with E-state index in [0.717, 1.165) is 22.7 Å². The maximum atomic E-state index is 2.45. The van der Waals surface area contributed by atoms with Crippen molar-refractivity contribution in [2.24, 2.45) is 0 Å². The smallest absolute Gasteiger partial charge is 0.0547 e. The van der Waals surface area contributed by atoms with Crippen molar-refractivity contribution < 1.29 is 0 Å². The van der Waals surface area contributed by atoms with E-state index in [2.05, 4.69) is 301 Å². The van der Waals surface area contributed by atoms with Crippen LogP contribution in [-0.2, 0) is 5.41 Å². The zero-order valence-corrected chi connectivity index (χ0v) is 42.3. The molecule has 0 N–H and O–H groups in total. The third-order valence-electron chi connectivity index (χ3n) is 16.3. The number of hydrogen-bond donors (Lipinski definition) is 0. The highest BCUT2D eigenvalue weighted by Crippen LogP contribution is 2.52. The molecule has 0 atom stereocenters. The largest absolute Gasteiger partial charge is 0.310 e. The third-order valence-corrected chi connectivity index (χ3v) is 16.3. The number of aromatic nitrogens is 2. The Balaban J connectivity index is 0.818. The maximum Gasteiger partial charge on any atom is 0.0547 e. The predicted octanol–water partition coefficient (Wildman–Crippen LogP) is 19.8. The van der Waals surface area contributed by atoms with Gasteiger partial charge in [-0.1, -0.05) is 190 Å². The third kappa shape index (κ3) is 6.90. The molecule has 12 aromatic carbocycles. The van der Waals surface area contributed by atoms with E-state index in [1.54, 1.807) is 0 Å². The summed E-state index contributed by atoms with van der Waals surface area (Å²) >= 11 is 0.